The van der Waals surface area contributed by atoms with Crippen LogP contribution in [-0.4, -0.2) is 20.3 Å². The first-order chi connectivity index (χ1) is 9.65. The molecule has 0 radical (unpaired) electrons. The van der Waals surface area contributed by atoms with Crippen LogP contribution >= 0.6 is 0 Å². The number of benzene rings is 1. The summed E-state index contributed by atoms with van der Waals surface area (Å²) >= 11 is 0. The zero-order chi connectivity index (χ0) is 15.0. The first-order valence-electron chi connectivity index (χ1n) is 6.70. The zero-order valence-corrected chi connectivity index (χ0v) is 12.4. The molecule has 0 heterocycles. The van der Waals surface area contributed by atoms with E-state index in [4.69, 9.17) is 14.8 Å². The lowest BCUT2D eigenvalue weighted by Gasteiger charge is -2.27. The Bertz CT molecular complexity index is 478. The van der Waals surface area contributed by atoms with Crippen molar-refractivity contribution in [2.75, 3.05) is 25.3 Å². The molecule has 0 aromatic heterocycles. The molecule has 0 N–H and O–H groups in total. The summed E-state index contributed by atoms with van der Waals surface area (Å²) in [6.07, 6.45) is 2.13. The number of nitriles is 1. The summed E-state index contributed by atoms with van der Waals surface area (Å²) in [5, 5.41) is 10.4. The fourth-order valence-corrected chi connectivity index (χ4v) is 2.05. The summed E-state index contributed by atoms with van der Waals surface area (Å²) in [6.45, 7) is 8.90. The number of hydrogen-bond donors (Lipinski definition) is 0. The van der Waals surface area contributed by atoms with Gasteiger partial charge in [-0.25, -0.2) is 5.06 Å². The summed E-state index contributed by atoms with van der Waals surface area (Å²) < 4.78 is 5.44. The minimum absolute atomic E-state index is 0.299. The summed E-state index contributed by atoms with van der Waals surface area (Å²) in [5.74, 6) is 1.14. The molecule has 4 nitrogen and oxygen atoms in total. The fourth-order valence-electron chi connectivity index (χ4n) is 2.05. The second-order valence-electron chi connectivity index (χ2n) is 4.64. The molecule has 4 heteroatoms. The molecule has 1 rings (SSSR count). The van der Waals surface area contributed by atoms with E-state index >= 15 is 0 Å². The molecule has 0 spiro atoms. The average molecular weight is 274 g/mol. The van der Waals surface area contributed by atoms with E-state index in [0.717, 1.165) is 17.0 Å². The molecule has 0 unspecified atom stereocenters. The third kappa shape index (κ3) is 4.01. The molecule has 0 saturated heterocycles. The van der Waals surface area contributed by atoms with E-state index < -0.39 is 0 Å². The van der Waals surface area contributed by atoms with Gasteiger partial charge in [0.2, 0.25) is 0 Å². The Hall–Kier alpha value is -1.99. The van der Waals surface area contributed by atoms with E-state index in [1.807, 2.05) is 18.2 Å². The van der Waals surface area contributed by atoms with Crippen molar-refractivity contribution in [3.63, 3.8) is 0 Å². The standard InChI is InChI=1S/C16H22N2O2/c1-5-11-18(20-12-7-10-17)14-8-6-9-15(19-4)16(14)13(2)3/h5-6,8-9,13H,1,7,11-12H2,2-4H3. The number of hydrogen-bond acceptors (Lipinski definition) is 4. The van der Waals surface area contributed by atoms with E-state index in [2.05, 4.69) is 26.5 Å². The summed E-state index contributed by atoms with van der Waals surface area (Å²) in [6, 6.07) is 7.95. The molecule has 1 aromatic carbocycles. The van der Waals surface area contributed by atoms with Gasteiger partial charge in [0.1, 0.15) is 5.75 Å². The topological polar surface area (TPSA) is 45.5 Å². The molecule has 0 fully saturated rings. The van der Waals surface area contributed by atoms with Crippen molar-refractivity contribution in [3.8, 4) is 11.8 Å². The van der Waals surface area contributed by atoms with Gasteiger partial charge in [-0.15, -0.1) is 6.58 Å². The van der Waals surface area contributed by atoms with Gasteiger partial charge < -0.3 is 4.74 Å². The van der Waals surface area contributed by atoms with Crippen LogP contribution < -0.4 is 9.80 Å². The van der Waals surface area contributed by atoms with E-state index in [1.54, 1.807) is 18.2 Å². The molecule has 0 bridgehead atoms. The molecule has 0 saturated carbocycles. The predicted octanol–water partition coefficient (Wildman–Crippen LogP) is 3.66. The van der Waals surface area contributed by atoms with Crippen molar-refractivity contribution >= 4 is 5.69 Å². The molecule has 0 aliphatic carbocycles. The van der Waals surface area contributed by atoms with Gasteiger partial charge >= 0.3 is 0 Å². The molecule has 0 amide bonds. The maximum atomic E-state index is 8.62. The van der Waals surface area contributed by atoms with Gasteiger partial charge in [0.15, 0.2) is 0 Å². The average Bonchev–Trinajstić information content (AvgIpc) is 2.45. The normalized spacial score (nSPS) is 10.2. The lowest BCUT2D eigenvalue weighted by atomic mass is 9.99. The van der Waals surface area contributed by atoms with Gasteiger partial charge in [0, 0.05) is 5.56 Å². The van der Waals surface area contributed by atoms with Crippen molar-refractivity contribution in [3.05, 3.63) is 36.4 Å². The van der Waals surface area contributed by atoms with E-state index in [9.17, 15) is 0 Å². The summed E-state index contributed by atoms with van der Waals surface area (Å²) in [4.78, 5) is 5.68. The number of hydroxylamine groups is 1. The highest BCUT2D eigenvalue weighted by Gasteiger charge is 2.17. The SMILES string of the molecule is C=CCN(OCCC#N)c1cccc(OC)c1C(C)C. The van der Waals surface area contributed by atoms with Crippen LogP contribution in [0.2, 0.25) is 0 Å². The first kappa shape index (κ1) is 16.1. The molecule has 0 aliphatic rings. The Balaban J connectivity index is 3.11. The van der Waals surface area contributed by atoms with Crippen LogP contribution in [0.3, 0.4) is 0 Å². The molecule has 1 aromatic rings. The Morgan fingerprint density at radius 3 is 2.75 bits per heavy atom. The maximum absolute atomic E-state index is 8.62. The minimum Gasteiger partial charge on any atom is -0.496 e. The third-order valence-corrected chi connectivity index (χ3v) is 2.86. The van der Waals surface area contributed by atoms with Crippen molar-refractivity contribution in [1.29, 1.82) is 5.26 Å². The van der Waals surface area contributed by atoms with Crippen molar-refractivity contribution in [2.45, 2.75) is 26.2 Å². The van der Waals surface area contributed by atoms with Crippen LogP contribution in [-0.2, 0) is 4.84 Å². The number of nitrogens with zero attached hydrogens (tertiary/aromatic N) is 2. The second-order valence-corrected chi connectivity index (χ2v) is 4.64. The largest absolute Gasteiger partial charge is 0.496 e. The fraction of sp³-hybridized carbons (Fsp3) is 0.438. The van der Waals surface area contributed by atoms with Gasteiger partial charge in [-0.2, -0.15) is 5.26 Å². The first-order valence-corrected chi connectivity index (χ1v) is 6.70. The minimum atomic E-state index is 0.299. The lowest BCUT2D eigenvalue weighted by molar-refractivity contribution is 0.118. The van der Waals surface area contributed by atoms with Gasteiger partial charge in [-0.3, -0.25) is 4.84 Å². The van der Waals surface area contributed by atoms with Gasteiger partial charge in [-0.1, -0.05) is 26.0 Å². The highest BCUT2D eigenvalue weighted by atomic mass is 16.7. The Morgan fingerprint density at radius 2 is 2.20 bits per heavy atom. The highest BCUT2D eigenvalue weighted by Crippen LogP contribution is 2.35. The maximum Gasteiger partial charge on any atom is 0.124 e. The quantitative estimate of drug-likeness (QED) is 0.412. The van der Waals surface area contributed by atoms with Gasteiger partial charge in [-0.05, 0) is 18.1 Å². The molecule has 0 aliphatic heterocycles. The Kier molecular flexibility index (Phi) is 6.61. The summed E-state index contributed by atoms with van der Waals surface area (Å²) in [7, 11) is 1.67. The van der Waals surface area contributed by atoms with Crippen LogP contribution in [0.15, 0.2) is 30.9 Å². The lowest BCUT2D eigenvalue weighted by Crippen LogP contribution is -2.25. The summed E-state index contributed by atoms with van der Waals surface area (Å²) in [5.41, 5.74) is 2.05. The number of ether oxygens (including phenoxy) is 1. The van der Waals surface area contributed by atoms with E-state index in [0.29, 0.717) is 25.5 Å². The monoisotopic (exact) mass is 274 g/mol. The zero-order valence-electron chi connectivity index (χ0n) is 12.4. The van der Waals surface area contributed by atoms with E-state index in [1.165, 1.54) is 0 Å². The molecule has 108 valence electrons. The second kappa shape index (κ2) is 8.23. The van der Waals surface area contributed by atoms with Crippen LogP contribution in [0.1, 0.15) is 31.7 Å². The van der Waals surface area contributed by atoms with Crippen LogP contribution in [0, 0.1) is 11.3 Å². The van der Waals surface area contributed by atoms with Gasteiger partial charge in [0.25, 0.3) is 0 Å². The predicted molar refractivity (Wildman–Crippen MR) is 80.8 cm³/mol. The third-order valence-electron chi connectivity index (χ3n) is 2.86. The number of anilines is 1. The van der Waals surface area contributed by atoms with Crippen molar-refractivity contribution in [2.24, 2.45) is 0 Å². The van der Waals surface area contributed by atoms with Crippen molar-refractivity contribution in [1.82, 2.24) is 0 Å². The van der Waals surface area contributed by atoms with E-state index in [-0.39, 0.29) is 0 Å². The van der Waals surface area contributed by atoms with Crippen LogP contribution in [0.5, 0.6) is 5.75 Å². The molecular weight excluding hydrogens is 252 g/mol. The number of methoxy groups -OCH3 is 1. The highest BCUT2D eigenvalue weighted by molar-refractivity contribution is 5.59. The molecular formula is C16H22N2O2. The molecule has 20 heavy (non-hydrogen) atoms. The number of rotatable bonds is 8. The smallest absolute Gasteiger partial charge is 0.124 e. The molecule has 0 atom stereocenters. The van der Waals surface area contributed by atoms with Crippen LogP contribution in [0.4, 0.5) is 5.69 Å². The van der Waals surface area contributed by atoms with Gasteiger partial charge in [0.05, 0.1) is 38.4 Å². The van der Waals surface area contributed by atoms with Crippen LogP contribution in [0.25, 0.3) is 0 Å². The Morgan fingerprint density at radius 1 is 1.45 bits per heavy atom. The Labute approximate surface area is 121 Å². The van der Waals surface area contributed by atoms with Crippen molar-refractivity contribution < 1.29 is 9.57 Å².